The van der Waals surface area contributed by atoms with Crippen LogP contribution in [-0.2, 0) is 0 Å². The number of rotatable bonds is 2. The van der Waals surface area contributed by atoms with Crippen LogP contribution in [0.5, 0.6) is 0 Å². The number of aromatic nitrogens is 6. The van der Waals surface area contributed by atoms with Gasteiger partial charge in [0.25, 0.3) is 11.4 Å². The Morgan fingerprint density at radius 2 is 2.00 bits per heavy atom. The van der Waals surface area contributed by atoms with Crippen molar-refractivity contribution in [3.8, 4) is 11.7 Å². The highest BCUT2D eigenvalue weighted by atomic mass is 16.5. The number of hydrogen-bond donors (Lipinski definition) is 1. The van der Waals surface area contributed by atoms with E-state index in [0.717, 1.165) is 18.7 Å². The van der Waals surface area contributed by atoms with Gasteiger partial charge in [0, 0.05) is 5.92 Å². The van der Waals surface area contributed by atoms with E-state index >= 15 is 0 Å². The van der Waals surface area contributed by atoms with E-state index in [1.54, 1.807) is 10.6 Å². The lowest BCUT2D eigenvalue weighted by Gasteiger charge is -1.99. The summed E-state index contributed by atoms with van der Waals surface area (Å²) in [5.41, 5.74) is 0.486. The fourth-order valence-corrected chi connectivity index (χ4v) is 3.35. The van der Waals surface area contributed by atoms with E-state index in [1.807, 2.05) is 18.2 Å². The first-order valence-corrected chi connectivity index (χ1v) is 8.01. The summed E-state index contributed by atoms with van der Waals surface area (Å²) in [6, 6.07) is 7.24. The van der Waals surface area contributed by atoms with Gasteiger partial charge in [-0.15, -0.1) is 5.10 Å². The van der Waals surface area contributed by atoms with Gasteiger partial charge in [0.05, 0.1) is 10.9 Å². The van der Waals surface area contributed by atoms with Gasteiger partial charge < -0.3 is 4.52 Å². The van der Waals surface area contributed by atoms with Crippen LogP contribution in [0.1, 0.15) is 37.4 Å². The second kappa shape index (κ2) is 4.98. The molecule has 1 fully saturated rings. The minimum absolute atomic E-state index is 0.200. The van der Waals surface area contributed by atoms with Gasteiger partial charge in [0.2, 0.25) is 11.6 Å². The van der Waals surface area contributed by atoms with E-state index in [0.29, 0.717) is 28.4 Å². The first kappa shape index (κ1) is 13.4. The fourth-order valence-electron chi connectivity index (χ4n) is 3.35. The average Bonchev–Trinajstić information content (AvgIpc) is 3.34. The highest BCUT2D eigenvalue weighted by Crippen LogP contribution is 2.33. The van der Waals surface area contributed by atoms with Crippen LogP contribution in [0, 0.1) is 0 Å². The summed E-state index contributed by atoms with van der Waals surface area (Å²) < 4.78 is 6.93. The smallest absolute Gasteiger partial charge is 0.297 e. The molecule has 0 spiro atoms. The molecule has 1 saturated carbocycles. The van der Waals surface area contributed by atoms with E-state index in [9.17, 15) is 4.79 Å². The Morgan fingerprint density at radius 1 is 1.17 bits per heavy atom. The van der Waals surface area contributed by atoms with E-state index in [4.69, 9.17) is 4.52 Å². The summed E-state index contributed by atoms with van der Waals surface area (Å²) in [6.45, 7) is 0. The number of H-pyrrole nitrogens is 1. The molecule has 0 saturated heterocycles. The number of para-hydroxylation sites is 1. The molecular weight excluding hydrogens is 308 g/mol. The zero-order valence-corrected chi connectivity index (χ0v) is 12.8. The van der Waals surface area contributed by atoms with Gasteiger partial charge in [-0.25, -0.2) is 0 Å². The second-order valence-electron chi connectivity index (χ2n) is 6.08. The highest BCUT2D eigenvalue weighted by Gasteiger charge is 2.24. The van der Waals surface area contributed by atoms with E-state index in [1.165, 1.54) is 12.8 Å². The van der Waals surface area contributed by atoms with Crippen LogP contribution in [0.15, 0.2) is 33.6 Å². The molecule has 8 heteroatoms. The molecule has 120 valence electrons. The minimum atomic E-state index is -0.200. The van der Waals surface area contributed by atoms with Gasteiger partial charge in [0.15, 0.2) is 5.82 Å². The van der Waals surface area contributed by atoms with Crippen LogP contribution >= 0.6 is 0 Å². The molecule has 4 aromatic rings. The fraction of sp³-hybridized carbons (Fsp3) is 0.312. The van der Waals surface area contributed by atoms with Gasteiger partial charge in [-0.1, -0.05) is 30.1 Å². The van der Waals surface area contributed by atoms with Crippen molar-refractivity contribution in [3.63, 3.8) is 0 Å². The number of nitrogens with one attached hydrogen (secondary N) is 1. The lowest BCUT2D eigenvalue weighted by Crippen LogP contribution is -2.10. The monoisotopic (exact) mass is 322 g/mol. The standard InChI is InChI=1S/C16H14N6O2/c23-14-10-7-3-4-8-11(10)22-16(19-14)18-13(20-22)15-17-12(21-24-15)9-5-1-2-6-9/h3-4,7-9H,1-2,5-6H2,(H,18,19,20,23). The largest absolute Gasteiger partial charge is 0.330 e. The molecule has 3 heterocycles. The molecule has 0 unspecified atom stereocenters. The van der Waals surface area contributed by atoms with Gasteiger partial charge in [-0.05, 0) is 25.0 Å². The lowest BCUT2D eigenvalue weighted by molar-refractivity contribution is 0.413. The minimum Gasteiger partial charge on any atom is -0.330 e. The van der Waals surface area contributed by atoms with Crippen molar-refractivity contribution >= 4 is 16.7 Å². The number of benzene rings is 1. The van der Waals surface area contributed by atoms with Crippen LogP contribution < -0.4 is 5.56 Å². The predicted molar refractivity (Wildman–Crippen MR) is 85.6 cm³/mol. The molecule has 1 N–H and O–H groups in total. The molecule has 0 atom stereocenters. The molecule has 24 heavy (non-hydrogen) atoms. The Kier molecular flexibility index (Phi) is 2.79. The topological polar surface area (TPSA) is 102 Å². The number of aromatic amines is 1. The quantitative estimate of drug-likeness (QED) is 0.607. The van der Waals surface area contributed by atoms with Crippen molar-refractivity contribution in [2.24, 2.45) is 0 Å². The number of nitrogens with zero attached hydrogens (tertiary/aromatic N) is 5. The van der Waals surface area contributed by atoms with Crippen LogP contribution in [0.2, 0.25) is 0 Å². The molecule has 1 aromatic carbocycles. The van der Waals surface area contributed by atoms with Gasteiger partial charge in [-0.3, -0.25) is 9.78 Å². The Bertz CT molecular complexity index is 1100. The molecule has 0 bridgehead atoms. The van der Waals surface area contributed by atoms with Gasteiger partial charge >= 0.3 is 0 Å². The van der Waals surface area contributed by atoms with Crippen molar-refractivity contribution in [1.29, 1.82) is 0 Å². The van der Waals surface area contributed by atoms with Crippen molar-refractivity contribution < 1.29 is 4.52 Å². The average molecular weight is 322 g/mol. The Balaban J connectivity index is 1.65. The maximum Gasteiger partial charge on any atom is 0.297 e. The summed E-state index contributed by atoms with van der Waals surface area (Å²) in [5, 5.41) is 9.06. The molecule has 0 aliphatic heterocycles. The third-order valence-corrected chi connectivity index (χ3v) is 4.56. The molecule has 1 aliphatic rings. The Labute approximate surface area is 135 Å². The SMILES string of the molecule is O=c1[nH]c2nc(-c3nc(C4CCCC4)no3)nn2c2ccccc12. The van der Waals surface area contributed by atoms with Crippen molar-refractivity contribution in [1.82, 2.24) is 29.7 Å². The zero-order chi connectivity index (χ0) is 16.1. The van der Waals surface area contributed by atoms with Crippen molar-refractivity contribution in [3.05, 3.63) is 40.4 Å². The van der Waals surface area contributed by atoms with Crippen LogP contribution in [0.3, 0.4) is 0 Å². The second-order valence-corrected chi connectivity index (χ2v) is 6.08. The van der Waals surface area contributed by atoms with Crippen LogP contribution in [0.4, 0.5) is 0 Å². The maximum atomic E-state index is 12.1. The van der Waals surface area contributed by atoms with E-state index < -0.39 is 0 Å². The molecule has 1 aliphatic carbocycles. The lowest BCUT2D eigenvalue weighted by atomic mass is 10.1. The molecule has 8 nitrogen and oxygen atoms in total. The number of hydrogen-bond acceptors (Lipinski definition) is 6. The Morgan fingerprint density at radius 3 is 2.88 bits per heavy atom. The van der Waals surface area contributed by atoms with Crippen LogP contribution in [0.25, 0.3) is 28.4 Å². The van der Waals surface area contributed by atoms with E-state index in [-0.39, 0.29) is 11.4 Å². The molecular formula is C16H14N6O2. The highest BCUT2D eigenvalue weighted by molar-refractivity contribution is 5.79. The summed E-state index contributed by atoms with van der Waals surface area (Å²) in [7, 11) is 0. The van der Waals surface area contributed by atoms with Crippen LogP contribution in [-0.4, -0.2) is 29.7 Å². The molecule has 3 aromatic heterocycles. The summed E-state index contributed by atoms with van der Waals surface area (Å²) in [6.07, 6.45) is 4.59. The zero-order valence-electron chi connectivity index (χ0n) is 12.8. The predicted octanol–water partition coefficient (Wildman–Crippen LogP) is 2.28. The molecule has 0 amide bonds. The maximum absolute atomic E-state index is 12.1. The third kappa shape index (κ3) is 1.96. The van der Waals surface area contributed by atoms with Gasteiger partial charge in [0.1, 0.15) is 0 Å². The number of fused-ring (bicyclic) bond motifs is 3. The molecule has 5 rings (SSSR count). The van der Waals surface area contributed by atoms with Crippen molar-refractivity contribution in [2.45, 2.75) is 31.6 Å². The summed E-state index contributed by atoms with van der Waals surface area (Å²) in [5.74, 6) is 2.04. The Hall–Kier alpha value is -3.03. The molecule has 0 radical (unpaired) electrons. The third-order valence-electron chi connectivity index (χ3n) is 4.56. The van der Waals surface area contributed by atoms with Gasteiger partial charge in [-0.2, -0.15) is 14.5 Å². The normalized spacial score (nSPS) is 15.7. The summed E-state index contributed by atoms with van der Waals surface area (Å²) >= 11 is 0. The van der Waals surface area contributed by atoms with Crippen molar-refractivity contribution in [2.75, 3.05) is 0 Å². The first-order valence-electron chi connectivity index (χ1n) is 8.01. The van der Waals surface area contributed by atoms with E-state index in [2.05, 4.69) is 25.2 Å². The summed E-state index contributed by atoms with van der Waals surface area (Å²) in [4.78, 5) is 23.6. The first-order chi connectivity index (χ1) is 11.8.